The number of rotatable bonds is 20. The van der Waals surface area contributed by atoms with E-state index in [1.54, 1.807) is 43.7 Å². The van der Waals surface area contributed by atoms with Gasteiger partial charge in [-0.15, -0.1) is 11.3 Å². The average Bonchev–Trinajstić information content (AvgIpc) is 4.06. The Morgan fingerprint density at radius 1 is 0.937 bits per heavy atom. The highest BCUT2D eigenvalue weighted by atomic mass is 32.1. The van der Waals surface area contributed by atoms with Crippen molar-refractivity contribution in [1.29, 1.82) is 0 Å². The zero-order valence-corrected chi connectivity index (χ0v) is 46.2. The molecule has 79 heavy (non-hydrogen) atoms. The number of pyridine rings is 1. The van der Waals surface area contributed by atoms with Gasteiger partial charge in [-0.25, -0.2) is 9.37 Å². The molecule has 0 spiro atoms. The van der Waals surface area contributed by atoms with E-state index >= 15 is 4.39 Å². The Hall–Kier alpha value is -6.57. The number of likely N-dealkylation sites (tertiary alicyclic amines) is 1. The Kier molecular flexibility index (Phi) is 19.9. The number of aromatic amines is 1. The average molecular weight is 1120 g/mol. The number of aliphatic hydroxyl groups excluding tert-OH is 1. The van der Waals surface area contributed by atoms with Crippen LogP contribution in [-0.2, 0) is 46.1 Å². The number of thiazole rings is 1. The molecule has 5 N–H and O–H groups in total. The molecule has 2 aromatic heterocycles. The number of aromatic nitrogens is 2. The number of ether oxygens (including phenoxy) is 3. The molecule has 3 aliphatic rings. The number of anilines is 2. The number of nitrogens with zero attached hydrogens (tertiary/aromatic N) is 5. The number of nitrogens with one attached hydrogen (secondary N) is 4. The Bertz CT molecular complexity index is 2920. The van der Waals surface area contributed by atoms with Crippen molar-refractivity contribution in [2.24, 2.45) is 5.41 Å². The number of aliphatic hydroxyl groups is 1. The summed E-state index contributed by atoms with van der Waals surface area (Å²) < 4.78 is 74.6. The topological polar surface area (TPSA) is 228 Å². The van der Waals surface area contributed by atoms with E-state index in [9.17, 15) is 47.0 Å². The predicted molar refractivity (Wildman–Crippen MR) is 289 cm³/mol. The lowest BCUT2D eigenvalue weighted by atomic mass is 9.85. The molecule has 2 saturated heterocycles. The molecule has 4 aromatic rings. The van der Waals surface area contributed by atoms with Gasteiger partial charge in [-0.2, -0.15) is 13.2 Å². The summed E-state index contributed by atoms with van der Waals surface area (Å²) in [5, 5.41) is 18.8. The molecule has 428 valence electrons. The van der Waals surface area contributed by atoms with Gasteiger partial charge in [0.15, 0.2) is 0 Å². The van der Waals surface area contributed by atoms with Gasteiger partial charge in [-0.05, 0) is 68.5 Å². The number of piperazine rings is 1. The normalized spacial score (nSPS) is 19.5. The van der Waals surface area contributed by atoms with Crippen molar-refractivity contribution in [2.75, 3.05) is 89.6 Å². The first-order valence-corrected chi connectivity index (χ1v) is 26.9. The van der Waals surface area contributed by atoms with Gasteiger partial charge in [0.2, 0.25) is 29.2 Å². The quantitative estimate of drug-likeness (QED) is 0.0566. The van der Waals surface area contributed by atoms with Crippen molar-refractivity contribution in [1.82, 2.24) is 35.3 Å². The monoisotopic (exact) mass is 1120 g/mol. The van der Waals surface area contributed by atoms with Crippen LogP contribution in [0.25, 0.3) is 16.0 Å². The van der Waals surface area contributed by atoms with E-state index in [4.69, 9.17) is 14.2 Å². The fourth-order valence-corrected chi connectivity index (χ4v) is 10.5. The van der Waals surface area contributed by atoms with Crippen LogP contribution in [0.1, 0.15) is 80.2 Å². The highest BCUT2D eigenvalue weighted by molar-refractivity contribution is 7.13. The first-order chi connectivity index (χ1) is 37.4. The number of β-amino-alcohol motifs (C(OH)–C–C–N with tert-alkyl or cyclic N) is 1. The smallest absolute Gasteiger partial charge is 0.391 e. The van der Waals surface area contributed by atoms with Crippen LogP contribution in [0.2, 0.25) is 0 Å². The molecule has 0 saturated carbocycles. The van der Waals surface area contributed by atoms with Crippen molar-refractivity contribution in [3.63, 3.8) is 0 Å². The lowest BCUT2D eigenvalue weighted by Crippen LogP contribution is -2.58. The molecule has 3 aliphatic heterocycles. The fourth-order valence-electron chi connectivity index (χ4n) is 9.73. The van der Waals surface area contributed by atoms with Crippen LogP contribution < -0.4 is 26.4 Å². The molecule has 5 heterocycles. The first kappa shape index (κ1) is 60.1. The number of aryl methyl sites for hydroxylation is 1. The summed E-state index contributed by atoms with van der Waals surface area (Å²) in [4.78, 5) is 93.3. The third-order valence-electron chi connectivity index (χ3n) is 14.3. The third kappa shape index (κ3) is 15.4. The maximum Gasteiger partial charge on any atom is 0.417 e. The molecule has 0 unspecified atom stereocenters. The van der Waals surface area contributed by atoms with E-state index in [1.807, 2.05) is 57.0 Å². The van der Waals surface area contributed by atoms with Crippen molar-refractivity contribution in [2.45, 2.75) is 97.4 Å². The Balaban J connectivity index is 0.837. The summed E-state index contributed by atoms with van der Waals surface area (Å²) in [6.07, 6.45) is -3.29. The Morgan fingerprint density at radius 2 is 1.61 bits per heavy atom. The molecule has 2 fully saturated rings. The van der Waals surface area contributed by atoms with Gasteiger partial charge in [-0.1, -0.05) is 51.1 Å². The van der Waals surface area contributed by atoms with Crippen LogP contribution in [0.4, 0.5) is 28.9 Å². The molecule has 2 aromatic carbocycles. The molecule has 0 bridgehead atoms. The van der Waals surface area contributed by atoms with E-state index in [2.05, 4.69) is 30.8 Å². The van der Waals surface area contributed by atoms with Gasteiger partial charge < -0.3 is 55.0 Å². The van der Waals surface area contributed by atoms with Crippen LogP contribution >= 0.6 is 11.3 Å². The molecule has 5 amide bonds. The van der Waals surface area contributed by atoms with E-state index in [0.717, 1.165) is 21.7 Å². The van der Waals surface area contributed by atoms with Crippen LogP contribution in [0, 0.1) is 18.2 Å². The zero-order valence-electron chi connectivity index (χ0n) is 45.3. The number of H-pyrrole nitrogens is 1. The van der Waals surface area contributed by atoms with E-state index in [1.165, 1.54) is 21.9 Å². The van der Waals surface area contributed by atoms with Crippen molar-refractivity contribution in [3.05, 3.63) is 104 Å². The molecule has 5 atom stereocenters. The van der Waals surface area contributed by atoms with Crippen molar-refractivity contribution in [3.8, 4) is 10.4 Å². The van der Waals surface area contributed by atoms with Gasteiger partial charge in [0, 0.05) is 75.6 Å². The second kappa shape index (κ2) is 26.1. The third-order valence-corrected chi connectivity index (χ3v) is 15.3. The second-order valence-electron chi connectivity index (χ2n) is 21.2. The molecule has 24 heteroatoms. The summed E-state index contributed by atoms with van der Waals surface area (Å²) in [6.45, 7) is 12.2. The van der Waals surface area contributed by atoms with Crippen molar-refractivity contribution >= 4 is 57.8 Å². The lowest BCUT2D eigenvalue weighted by molar-refractivity contribution is -0.144. The number of hydrogen-bond donors (Lipinski definition) is 5. The summed E-state index contributed by atoms with van der Waals surface area (Å²) in [5.74, 6) is -3.59. The number of hydrogen-bond acceptors (Lipinski definition) is 14. The van der Waals surface area contributed by atoms with E-state index in [0.29, 0.717) is 30.9 Å². The van der Waals surface area contributed by atoms with E-state index < -0.39 is 75.9 Å². The second-order valence-corrected chi connectivity index (χ2v) is 22.0. The number of carbonyl (C=O) groups excluding carboxylic acids is 5. The predicted octanol–water partition coefficient (Wildman–Crippen LogP) is 5.22. The minimum Gasteiger partial charge on any atom is -0.391 e. The molecule has 19 nitrogen and oxygen atoms in total. The Morgan fingerprint density at radius 3 is 2.23 bits per heavy atom. The summed E-state index contributed by atoms with van der Waals surface area (Å²) in [6, 6.07) is 8.77. The maximum absolute atomic E-state index is 16.1. The highest BCUT2D eigenvalue weighted by Crippen LogP contribution is 2.38. The molecule has 0 radical (unpaired) electrons. The van der Waals surface area contributed by atoms with Crippen LogP contribution in [0.5, 0.6) is 0 Å². The first-order valence-electron chi connectivity index (χ1n) is 26.1. The summed E-state index contributed by atoms with van der Waals surface area (Å²) in [5.41, 5.74) is 1.55. The van der Waals surface area contributed by atoms with Crippen molar-refractivity contribution < 1.29 is 60.9 Å². The largest absolute Gasteiger partial charge is 0.417 e. The highest BCUT2D eigenvalue weighted by Gasteiger charge is 2.45. The maximum atomic E-state index is 16.1. The summed E-state index contributed by atoms with van der Waals surface area (Å²) in [7, 11) is 1.96. The Labute approximate surface area is 459 Å². The standard InChI is InChI=1S/C55H69F4N9O10S/c1-32-26-67(27-33(2)65(32)7)44-23-42(56)39(21-43(44)63-51(73)40-25-60-46(70)22-41(40)55(57,58)59)36-12-14-66(15-13-36)48(72)30-78-19-17-76-16-18-77-29-47(71)64-50(54(4,5)6)53(75)68-28-38(69)20-45(68)52(74)61-24-35-8-10-37(11-9-35)49-34(3)62-31-79-49/h8-12,21-23,25,31-33,38,45,50,69H,13-20,24,26-30H2,1-7H3,(H,60,70)(H,61,74)(H,63,73)(H,64,71)/t32-,33+,38-,45+,50-/m1/s1. The van der Waals surface area contributed by atoms with Crippen LogP contribution in [0.15, 0.2) is 65.0 Å². The molecule has 0 aliphatic carbocycles. The minimum absolute atomic E-state index is 0.0212. The number of halogens is 4. The minimum atomic E-state index is -5.01. The van der Waals surface area contributed by atoms with Gasteiger partial charge in [0.25, 0.3) is 5.91 Å². The number of amides is 5. The molecular formula is C55H69F4N9O10S. The van der Waals surface area contributed by atoms with Crippen LogP contribution in [0.3, 0.4) is 0 Å². The molecule has 7 rings (SSSR count). The number of benzene rings is 2. The summed E-state index contributed by atoms with van der Waals surface area (Å²) >= 11 is 1.55. The zero-order chi connectivity index (χ0) is 57.3. The van der Waals surface area contributed by atoms with Gasteiger partial charge in [0.05, 0.1) is 71.1 Å². The SMILES string of the molecule is Cc1ncsc1-c1ccc(CNC(=O)[C@@H]2C[C@@H](O)CN2C(=O)[C@@H](NC(=O)COCCOCCOCC(=O)N2CC=C(c3cc(NC(=O)c4c[nH]c(=O)cc4C(F)(F)F)c(N4C[C@@H](C)N(C)[C@@H](C)C4)cc3F)CC2)C(C)(C)C)cc1. The number of likely N-dealkylation sites (N-methyl/N-ethyl adjacent to an activating group) is 1. The van der Waals surface area contributed by atoms with Gasteiger partial charge in [0.1, 0.15) is 31.1 Å². The number of alkyl halides is 3. The van der Waals surface area contributed by atoms with Crippen LogP contribution in [-0.4, -0.2) is 169 Å². The molecular weight excluding hydrogens is 1050 g/mol. The lowest BCUT2D eigenvalue weighted by Gasteiger charge is -2.44. The van der Waals surface area contributed by atoms with Gasteiger partial charge in [-0.3, -0.25) is 33.7 Å². The van der Waals surface area contributed by atoms with Gasteiger partial charge >= 0.3 is 6.18 Å². The number of carbonyl (C=O) groups is 5. The van der Waals surface area contributed by atoms with E-state index in [-0.39, 0.29) is 114 Å². The fraction of sp³-hybridized carbons (Fsp3) is 0.509.